The molecule has 1 saturated heterocycles. The first-order valence-electron chi connectivity index (χ1n) is 11.1. The minimum atomic E-state index is -0.246. The Morgan fingerprint density at radius 3 is 2.68 bits per heavy atom. The number of fused-ring (bicyclic) bond motifs is 1. The molecule has 1 N–H and O–H groups in total. The normalized spacial score (nSPS) is 14.9. The first kappa shape index (κ1) is 24.0. The number of carbonyl (C=O) groups excluding carboxylic acids is 1. The Hall–Kier alpha value is -3.17. The summed E-state index contributed by atoms with van der Waals surface area (Å²) in [7, 11) is 1.62. The maximum atomic E-state index is 13.5. The van der Waals surface area contributed by atoms with Crippen LogP contribution in [0.1, 0.15) is 36.5 Å². The van der Waals surface area contributed by atoms with E-state index in [2.05, 4.69) is 12.2 Å². The number of nitrogens with one attached hydrogen (secondary N) is 1. The monoisotopic (exact) mass is 494 g/mol. The van der Waals surface area contributed by atoms with Crippen LogP contribution in [0.25, 0.3) is 11.7 Å². The molecule has 1 aliphatic rings. The lowest BCUT2D eigenvalue weighted by atomic mass is 10.2. The van der Waals surface area contributed by atoms with Gasteiger partial charge in [-0.15, -0.1) is 0 Å². The summed E-state index contributed by atoms with van der Waals surface area (Å²) >= 11 is 6.64. The highest BCUT2D eigenvalue weighted by Gasteiger charge is 2.32. The second-order valence-electron chi connectivity index (χ2n) is 7.95. The van der Waals surface area contributed by atoms with E-state index in [1.165, 1.54) is 16.2 Å². The van der Waals surface area contributed by atoms with E-state index >= 15 is 0 Å². The number of aromatic nitrogens is 2. The van der Waals surface area contributed by atoms with E-state index in [9.17, 15) is 9.59 Å². The van der Waals surface area contributed by atoms with E-state index in [-0.39, 0.29) is 11.5 Å². The Kier molecular flexibility index (Phi) is 7.33. The van der Waals surface area contributed by atoms with Crippen LogP contribution in [-0.4, -0.2) is 38.2 Å². The molecular formula is C25H26N4O3S2. The van der Waals surface area contributed by atoms with Crippen molar-refractivity contribution in [3.05, 3.63) is 74.5 Å². The smallest absolute Gasteiger partial charge is 0.267 e. The zero-order chi connectivity index (χ0) is 24.2. The van der Waals surface area contributed by atoms with Crippen molar-refractivity contribution < 1.29 is 9.53 Å². The fraction of sp³-hybridized carbons (Fsp3) is 0.280. The van der Waals surface area contributed by atoms with E-state index < -0.39 is 0 Å². The highest BCUT2D eigenvalue weighted by atomic mass is 32.2. The predicted octanol–water partition coefficient (Wildman–Crippen LogP) is 4.62. The molecule has 3 heterocycles. The Bertz CT molecular complexity index is 1330. The standard InChI is InChI=1S/C25H26N4O3S2/c1-4-5-12-29-24(31)20(34-25(29)33)14-19-21(26-15-17-8-10-18(32-3)11-9-17)27-22-16(2)7-6-13-28(22)23(19)30/h6-11,13-14,26H,4-5,12,15H2,1-3H3/b20-14-. The van der Waals surface area contributed by atoms with Crippen LogP contribution in [-0.2, 0) is 11.3 Å². The molecule has 0 atom stereocenters. The molecule has 2 aromatic heterocycles. The second-order valence-corrected chi connectivity index (χ2v) is 9.63. The molecule has 34 heavy (non-hydrogen) atoms. The van der Waals surface area contributed by atoms with Gasteiger partial charge in [0.15, 0.2) is 0 Å². The SMILES string of the molecule is CCCCN1C(=O)/C(=C/c2c(NCc3ccc(OC)cc3)nc3c(C)cccn3c2=O)SC1=S. The van der Waals surface area contributed by atoms with Gasteiger partial charge in [-0.05, 0) is 48.7 Å². The number of amides is 1. The molecule has 176 valence electrons. The number of thioether (sulfide) groups is 1. The van der Waals surface area contributed by atoms with Crippen LogP contribution in [0.5, 0.6) is 5.75 Å². The van der Waals surface area contributed by atoms with Gasteiger partial charge in [-0.1, -0.05) is 55.5 Å². The number of rotatable bonds is 8. The Morgan fingerprint density at radius 2 is 1.97 bits per heavy atom. The highest BCUT2D eigenvalue weighted by Crippen LogP contribution is 2.33. The topological polar surface area (TPSA) is 75.9 Å². The lowest BCUT2D eigenvalue weighted by molar-refractivity contribution is -0.122. The lowest BCUT2D eigenvalue weighted by Gasteiger charge is -2.13. The zero-order valence-corrected chi connectivity index (χ0v) is 21.0. The van der Waals surface area contributed by atoms with Crippen LogP contribution in [0.3, 0.4) is 0 Å². The number of hydrogen-bond donors (Lipinski definition) is 1. The van der Waals surface area contributed by atoms with Gasteiger partial charge >= 0.3 is 0 Å². The van der Waals surface area contributed by atoms with Gasteiger partial charge in [0, 0.05) is 19.3 Å². The number of carbonyl (C=O) groups is 1. The van der Waals surface area contributed by atoms with Gasteiger partial charge in [0.05, 0.1) is 17.6 Å². The number of ether oxygens (including phenoxy) is 1. The van der Waals surface area contributed by atoms with Crippen LogP contribution in [0, 0.1) is 6.92 Å². The second kappa shape index (κ2) is 10.4. The van der Waals surface area contributed by atoms with Crippen LogP contribution in [0.2, 0.25) is 0 Å². The van der Waals surface area contributed by atoms with Crippen molar-refractivity contribution in [2.45, 2.75) is 33.2 Å². The number of benzene rings is 1. The van der Waals surface area contributed by atoms with Crippen molar-refractivity contribution in [3.8, 4) is 5.75 Å². The van der Waals surface area contributed by atoms with Crippen molar-refractivity contribution >= 4 is 51.7 Å². The Morgan fingerprint density at radius 1 is 1.21 bits per heavy atom. The molecule has 0 saturated carbocycles. The molecule has 3 aromatic rings. The van der Waals surface area contributed by atoms with Gasteiger partial charge in [0.1, 0.15) is 21.5 Å². The summed E-state index contributed by atoms with van der Waals surface area (Å²) < 4.78 is 7.25. The number of hydrogen-bond acceptors (Lipinski definition) is 7. The van der Waals surface area contributed by atoms with Gasteiger partial charge in [0.25, 0.3) is 11.5 Å². The number of methoxy groups -OCH3 is 1. The predicted molar refractivity (Wildman–Crippen MR) is 141 cm³/mol. The fourth-order valence-corrected chi connectivity index (χ4v) is 4.94. The van der Waals surface area contributed by atoms with Crippen molar-refractivity contribution in [1.29, 1.82) is 0 Å². The molecule has 1 aromatic carbocycles. The molecular weight excluding hydrogens is 468 g/mol. The average Bonchev–Trinajstić information content (AvgIpc) is 3.11. The minimum Gasteiger partial charge on any atom is -0.497 e. The maximum Gasteiger partial charge on any atom is 0.267 e. The van der Waals surface area contributed by atoms with E-state index in [0.29, 0.717) is 39.3 Å². The summed E-state index contributed by atoms with van der Waals surface area (Å²) in [5, 5.41) is 3.30. The zero-order valence-electron chi connectivity index (χ0n) is 19.3. The number of unbranched alkanes of at least 4 members (excludes halogenated alkanes) is 1. The molecule has 0 radical (unpaired) electrons. The first-order valence-corrected chi connectivity index (χ1v) is 12.3. The van der Waals surface area contributed by atoms with Crippen LogP contribution in [0.4, 0.5) is 5.82 Å². The molecule has 1 fully saturated rings. The molecule has 0 aliphatic carbocycles. The summed E-state index contributed by atoms with van der Waals surface area (Å²) in [6.45, 7) is 5.01. The number of anilines is 1. The first-order chi connectivity index (χ1) is 16.4. The highest BCUT2D eigenvalue weighted by molar-refractivity contribution is 8.26. The van der Waals surface area contributed by atoms with Crippen LogP contribution >= 0.6 is 24.0 Å². The molecule has 0 bridgehead atoms. The van der Waals surface area contributed by atoms with E-state index in [1.807, 2.05) is 43.3 Å². The van der Waals surface area contributed by atoms with Crippen molar-refractivity contribution in [3.63, 3.8) is 0 Å². The third-order valence-electron chi connectivity index (χ3n) is 5.59. The molecule has 1 aliphatic heterocycles. The van der Waals surface area contributed by atoms with Gasteiger partial charge in [0.2, 0.25) is 0 Å². The van der Waals surface area contributed by atoms with Gasteiger partial charge < -0.3 is 10.1 Å². The lowest BCUT2D eigenvalue weighted by Crippen LogP contribution is -2.29. The molecule has 0 unspecified atom stereocenters. The molecule has 1 amide bonds. The van der Waals surface area contributed by atoms with E-state index in [0.717, 1.165) is 29.7 Å². The van der Waals surface area contributed by atoms with E-state index in [1.54, 1.807) is 24.3 Å². The maximum absolute atomic E-state index is 13.5. The number of aryl methyl sites for hydroxylation is 1. The summed E-state index contributed by atoms with van der Waals surface area (Å²) in [6.07, 6.45) is 5.14. The average molecular weight is 495 g/mol. The third kappa shape index (κ3) is 4.85. The largest absolute Gasteiger partial charge is 0.497 e. The number of nitrogens with zero attached hydrogens (tertiary/aromatic N) is 3. The Balaban J connectivity index is 1.74. The summed E-state index contributed by atoms with van der Waals surface area (Å²) in [6, 6.07) is 11.4. The van der Waals surface area contributed by atoms with Crippen molar-refractivity contribution in [2.24, 2.45) is 0 Å². The Labute approximate surface area is 207 Å². The summed E-state index contributed by atoms with van der Waals surface area (Å²) in [5.74, 6) is 1.03. The molecule has 4 rings (SSSR count). The number of thiocarbonyl (C=S) groups is 1. The molecule has 0 spiro atoms. The van der Waals surface area contributed by atoms with Crippen LogP contribution < -0.4 is 15.6 Å². The minimum absolute atomic E-state index is 0.168. The van der Waals surface area contributed by atoms with Crippen molar-refractivity contribution in [2.75, 3.05) is 19.0 Å². The van der Waals surface area contributed by atoms with Crippen molar-refractivity contribution in [1.82, 2.24) is 14.3 Å². The number of pyridine rings is 1. The third-order valence-corrected chi connectivity index (χ3v) is 6.97. The quantitative estimate of drug-likeness (QED) is 0.362. The fourth-order valence-electron chi connectivity index (χ4n) is 3.65. The van der Waals surface area contributed by atoms with E-state index in [4.69, 9.17) is 21.9 Å². The summed E-state index contributed by atoms with van der Waals surface area (Å²) in [5.41, 5.74) is 2.53. The van der Waals surface area contributed by atoms with Gasteiger partial charge in [-0.25, -0.2) is 4.98 Å². The van der Waals surface area contributed by atoms with Gasteiger partial charge in [-0.2, -0.15) is 0 Å². The van der Waals surface area contributed by atoms with Crippen LogP contribution in [0.15, 0.2) is 52.3 Å². The summed E-state index contributed by atoms with van der Waals surface area (Å²) in [4.78, 5) is 33.3. The molecule has 9 heteroatoms. The van der Waals surface area contributed by atoms with Gasteiger partial charge in [-0.3, -0.25) is 18.9 Å². The molecule has 7 nitrogen and oxygen atoms in total.